The van der Waals surface area contributed by atoms with Gasteiger partial charge < -0.3 is 0 Å². The van der Waals surface area contributed by atoms with Crippen LogP contribution in [0.1, 0.15) is 29.7 Å². The highest BCUT2D eigenvalue weighted by Gasteiger charge is 2.29. The molecule has 2 heterocycles. The molecule has 0 bridgehead atoms. The van der Waals surface area contributed by atoms with Crippen molar-refractivity contribution < 1.29 is 0 Å². The van der Waals surface area contributed by atoms with E-state index in [4.69, 9.17) is 5.26 Å². The molecule has 0 saturated heterocycles. The first-order valence-corrected chi connectivity index (χ1v) is 7.40. The van der Waals surface area contributed by atoms with Crippen LogP contribution in [0, 0.1) is 11.3 Å². The van der Waals surface area contributed by atoms with Gasteiger partial charge in [0.1, 0.15) is 11.8 Å². The van der Waals surface area contributed by atoms with Crippen molar-refractivity contribution in [3.05, 3.63) is 52.0 Å². The molecule has 1 fully saturated rings. The Morgan fingerprint density at radius 1 is 1.37 bits per heavy atom. The van der Waals surface area contributed by atoms with Crippen LogP contribution in [-0.4, -0.2) is 15.9 Å². The zero-order valence-corrected chi connectivity index (χ0v) is 11.4. The molecule has 4 heteroatoms. The van der Waals surface area contributed by atoms with E-state index in [0.29, 0.717) is 11.7 Å². The lowest BCUT2D eigenvalue weighted by Gasteiger charge is -2.21. The molecule has 0 radical (unpaired) electrons. The summed E-state index contributed by atoms with van der Waals surface area (Å²) in [4.78, 5) is 6.60. The summed E-state index contributed by atoms with van der Waals surface area (Å²) in [7, 11) is 0. The Kier molecular flexibility index (Phi) is 3.58. The van der Waals surface area contributed by atoms with Crippen molar-refractivity contribution >= 4 is 11.3 Å². The fourth-order valence-corrected chi connectivity index (χ4v) is 2.92. The van der Waals surface area contributed by atoms with E-state index in [1.54, 1.807) is 17.5 Å². The number of hydrogen-bond acceptors (Lipinski definition) is 4. The first-order chi connectivity index (χ1) is 9.36. The molecular weight excluding hydrogens is 254 g/mol. The Bertz CT molecular complexity index is 582. The second-order valence-electron chi connectivity index (χ2n) is 4.89. The third-order valence-electron chi connectivity index (χ3n) is 3.40. The average molecular weight is 269 g/mol. The van der Waals surface area contributed by atoms with Crippen molar-refractivity contribution in [1.29, 1.82) is 5.26 Å². The van der Waals surface area contributed by atoms with E-state index >= 15 is 0 Å². The number of nitrogens with zero attached hydrogens (tertiary/aromatic N) is 3. The summed E-state index contributed by atoms with van der Waals surface area (Å²) >= 11 is 1.74. The van der Waals surface area contributed by atoms with E-state index in [0.717, 1.165) is 18.7 Å². The Hall–Kier alpha value is -1.70. The van der Waals surface area contributed by atoms with Gasteiger partial charge in [-0.05, 0) is 41.3 Å². The van der Waals surface area contributed by atoms with Gasteiger partial charge in [-0.3, -0.25) is 4.90 Å². The summed E-state index contributed by atoms with van der Waals surface area (Å²) in [5, 5.41) is 13.4. The van der Waals surface area contributed by atoms with Gasteiger partial charge >= 0.3 is 0 Å². The van der Waals surface area contributed by atoms with Gasteiger partial charge in [0.15, 0.2) is 0 Å². The van der Waals surface area contributed by atoms with Crippen LogP contribution in [-0.2, 0) is 13.1 Å². The number of nitriles is 1. The third kappa shape index (κ3) is 3.01. The molecule has 0 aliphatic heterocycles. The topological polar surface area (TPSA) is 39.9 Å². The van der Waals surface area contributed by atoms with Crippen LogP contribution in [0.2, 0.25) is 0 Å². The largest absolute Gasteiger partial charge is 0.292 e. The maximum Gasteiger partial charge on any atom is 0.144 e. The lowest BCUT2D eigenvalue weighted by Crippen LogP contribution is -2.25. The van der Waals surface area contributed by atoms with E-state index in [1.807, 2.05) is 12.1 Å². The van der Waals surface area contributed by atoms with Crippen LogP contribution >= 0.6 is 11.3 Å². The van der Waals surface area contributed by atoms with Crippen LogP contribution in [0.15, 0.2) is 35.2 Å². The van der Waals surface area contributed by atoms with E-state index in [1.165, 1.54) is 18.4 Å². The lowest BCUT2D eigenvalue weighted by atomic mass is 10.1. The molecule has 3 rings (SSSR count). The standard InChI is InChI=1S/C15H15N3S/c16-8-15-13(2-1-6-17-15)10-18(14-3-4-14)9-12-5-7-19-11-12/h1-2,5-7,11,14H,3-4,9-10H2. The average Bonchev–Trinajstić information content (AvgIpc) is 3.17. The normalized spacial score (nSPS) is 14.5. The third-order valence-corrected chi connectivity index (χ3v) is 4.13. The highest BCUT2D eigenvalue weighted by molar-refractivity contribution is 7.07. The van der Waals surface area contributed by atoms with Crippen molar-refractivity contribution in [1.82, 2.24) is 9.88 Å². The molecule has 3 nitrogen and oxygen atoms in total. The molecule has 0 aromatic carbocycles. The molecule has 1 aliphatic carbocycles. The monoisotopic (exact) mass is 269 g/mol. The smallest absolute Gasteiger partial charge is 0.144 e. The first-order valence-electron chi connectivity index (χ1n) is 6.46. The predicted molar refractivity (Wildman–Crippen MR) is 75.5 cm³/mol. The van der Waals surface area contributed by atoms with Gasteiger partial charge in [-0.1, -0.05) is 6.07 Å². The minimum atomic E-state index is 0.554. The fourth-order valence-electron chi connectivity index (χ4n) is 2.26. The van der Waals surface area contributed by atoms with Gasteiger partial charge in [0, 0.05) is 30.9 Å². The summed E-state index contributed by atoms with van der Waals surface area (Å²) in [5.41, 5.74) is 2.95. The molecule has 0 spiro atoms. The van der Waals surface area contributed by atoms with Gasteiger partial charge in [0.25, 0.3) is 0 Å². The van der Waals surface area contributed by atoms with E-state index in [2.05, 4.69) is 32.8 Å². The van der Waals surface area contributed by atoms with Gasteiger partial charge in [-0.2, -0.15) is 16.6 Å². The van der Waals surface area contributed by atoms with Crippen LogP contribution in [0.25, 0.3) is 0 Å². The second-order valence-corrected chi connectivity index (χ2v) is 5.67. The van der Waals surface area contributed by atoms with E-state index < -0.39 is 0 Å². The molecule has 0 atom stereocenters. The highest BCUT2D eigenvalue weighted by atomic mass is 32.1. The molecule has 1 aliphatic rings. The number of thiophene rings is 1. The zero-order chi connectivity index (χ0) is 13.1. The predicted octanol–water partition coefficient (Wildman–Crippen LogP) is 3.18. The van der Waals surface area contributed by atoms with Gasteiger partial charge in [0.05, 0.1) is 0 Å². The Balaban J connectivity index is 1.76. The number of hydrogen-bond donors (Lipinski definition) is 0. The van der Waals surface area contributed by atoms with Crippen molar-refractivity contribution in [2.24, 2.45) is 0 Å². The summed E-state index contributed by atoms with van der Waals surface area (Å²) in [6.07, 6.45) is 4.22. The summed E-state index contributed by atoms with van der Waals surface area (Å²) in [5.74, 6) is 0. The maximum atomic E-state index is 9.11. The van der Waals surface area contributed by atoms with Crippen molar-refractivity contribution in [3.63, 3.8) is 0 Å². The lowest BCUT2D eigenvalue weighted by molar-refractivity contribution is 0.245. The van der Waals surface area contributed by atoms with E-state index in [-0.39, 0.29) is 0 Å². The zero-order valence-electron chi connectivity index (χ0n) is 10.6. The molecule has 0 N–H and O–H groups in total. The van der Waals surface area contributed by atoms with Crippen LogP contribution < -0.4 is 0 Å². The minimum Gasteiger partial charge on any atom is -0.292 e. The first kappa shape index (κ1) is 12.3. The molecule has 19 heavy (non-hydrogen) atoms. The number of aromatic nitrogens is 1. The Labute approximate surface area is 117 Å². The van der Waals surface area contributed by atoms with Crippen LogP contribution in [0.4, 0.5) is 0 Å². The van der Waals surface area contributed by atoms with Crippen LogP contribution in [0.5, 0.6) is 0 Å². The SMILES string of the molecule is N#Cc1ncccc1CN(Cc1ccsc1)C1CC1. The Morgan fingerprint density at radius 3 is 2.95 bits per heavy atom. The molecular formula is C15H15N3S. The van der Waals surface area contributed by atoms with Gasteiger partial charge in [-0.15, -0.1) is 0 Å². The molecule has 0 amide bonds. The molecule has 2 aromatic heterocycles. The minimum absolute atomic E-state index is 0.554. The quantitative estimate of drug-likeness (QED) is 0.837. The van der Waals surface area contributed by atoms with Crippen molar-refractivity contribution in [3.8, 4) is 6.07 Å². The molecule has 0 unspecified atom stereocenters. The fraction of sp³-hybridized carbons (Fsp3) is 0.333. The second kappa shape index (κ2) is 5.52. The molecule has 2 aromatic rings. The number of pyridine rings is 1. The van der Waals surface area contributed by atoms with E-state index in [9.17, 15) is 0 Å². The van der Waals surface area contributed by atoms with Crippen LogP contribution in [0.3, 0.4) is 0 Å². The summed E-state index contributed by atoms with van der Waals surface area (Å²) < 4.78 is 0. The Morgan fingerprint density at radius 2 is 2.26 bits per heavy atom. The highest BCUT2D eigenvalue weighted by Crippen LogP contribution is 2.30. The van der Waals surface area contributed by atoms with Gasteiger partial charge in [-0.25, -0.2) is 4.98 Å². The molecule has 96 valence electrons. The number of rotatable bonds is 5. The summed E-state index contributed by atoms with van der Waals surface area (Å²) in [6.45, 7) is 1.78. The van der Waals surface area contributed by atoms with Crippen molar-refractivity contribution in [2.75, 3.05) is 0 Å². The maximum absolute atomic E-state index is 9.11. The van der Waals surface area contributed by atoms with Gasteiger partial charge in [0.2, 0.25) is 0 Å². The summed E-state index contributed by atoms with van der Waals surface area (Å²) in [6, 6.07) is 8.95. The van der Waals surface area contributed by atoms with Crippen molar-refractivity contribution in [2.45, 2.75) is 32.0 Å². The molecule has 1 saturated carbocycles.